The highest BCUT2D eigenvalue weighted by molar-refractivity contribution is 9.10. The van der Waals surface area contributed by atoms with E-state index in [1.54, 1.807) is 16.5 Å². The van der Waals surface area contributed by atoms with Gasteiger partial charge in [-0.25, -0.2) is 9.37 Å². The zero-order valence-corrected chi connectivity index (χ0v) is 12.8. The molecule has 0 amide bonds. The first-order valence-electron chi connectivity index (χ1n) is 5.88. The lowest BCUT2D eigenvalue weighted by molar-refractivity contribution is 0.631. The number of pyridine rings is 1. The highest BCUT2D eigenvalue weighted by Gasteiger charge is 2.19. The van der Waals surface area contributed by atoms with E-state index < -0.39 is 5.82 Å². The second-order valence-corrected chi connectivity index (χ2v) is 5.66. The smallest absolute Gasteiger partial charge is 0.139 e. The number of nitrogen functional groups attached to an aromatic ring is 1. The SMILES string of the molecule is Cc1c(Br)ccc2nc(-c3c(F)cccc3Cl)c(N)n12. The van der Waals surface area contributed by atoms with Crippen LogP contribution < -0.4 is 5.73 Å². The summed E-state index contributed by atoms with van der Waals surface area (Å²) >= 11 is 9.52. The highest BCUT2D eigenvalue weighted by atomic mass is 79.9. The quantitative estimate of drug-likeness (QED) is 0.702. The maximum absolute atomic E-state index is 14.0. The Morgan fingerprint density at radius 3 is 2.75 bits per heavy atom. The van der Waals surface area contributed by atoms with Gasteiger partial charge in [-0.2, -0.15) is 0 Å². The van der Waals surface area contributed by atoms with Gasteiger partial charge in [-0.15, -0.1) is 0 Å². The fourth-order valence-electron chi connectivity index (χ4n) is 2.20. The molecule has 0 bridgehead atoms. The molecule has 0 fully saturated rings. The predicted molar refractivity (Wildman–Crippen MR) is 82.4 cm³/mol. The molecule has 0 saturated heterocycles. The molecule has 3 aromatic rings. The number of rotatable bonds is 1. The van der Waals surface area contributed by atoms with Gasteiger partial charge in [-0.3, -0.25) is 4.40 Å². The van der Waals surface area contributed by atoms with E-state index >= 15 is 0 Å². The molecule has 20 heavy (non-hydrogen) atoms. The van der Waals surface area contributed by atoms with E-state index in [0.717, 1.165) is 10.2 Å². The van der Waals surface area contributed by atoms with Gasteiger partial charge in [0.05, 0.1) is 10.6 Å². The largest absolute Gasteiger partial charge is 0.383 e. The van der Waals surface area contributed by atoms with E-state index in [1.165, 1.54) is 6.07 Å². The third-order valence-corrected chi connectivity index (χ3v) is 4.35. The molecule has 0 saturated carbocycles. The standard InChI is InChI=1S/C14H10BrClFN3/c1-7-8(15)5-6-11-19-13(14(18)20(7)11)12-9(16)3-2-4-10(12)17/h2-6H,18H2,1H3. The number of aromatic nitrogens is 2. The van der Waals surface area contributed by atoms with Crippen molar-refractivity contribution in [2.75, 3.05) is 5.73 Å². The predicted octanol–water partition coefficient (Wildman–Crippen LogP) is 4.45. The summed E-state index contributed by atoms with van der Waals surface area (Å²) in [6.07, 6.45) is 0. The second kappa shape index (κ2) is 4.75. The summed E-state index contributed by atoms with van der Waals surface area (Å²) < 4.78 is 16.7. The van der Waals surface area contributed by atoms with Crippen molar-refractivity contribution in [1.29, 1.82) is 0 Å². The van der Waals surface area contributed by atoms with Gasteiger partial charge >= 0.3 is 0 Å². The van der Waals surface area contributed by atoms with Crippen LogP contribution in [0.15, 0.2) is 34.8 Å². The molecule has 0 aliphatic rings. The van der Waals surface area contributed by atoms with Crippen molar-refractivity contribution in [3.05, 3.63) is 51.3 Å². The summed E-state index contributed by atoms with van der Waals surface area (Å²) in [6.45, 7) is 1.90. The molecule has 2 aromatic heterocycles. The van der Waals surface area contributed by atoms with Crippen LogP contribution in [-0.2, 0) is 0 Å². The summed E-state index contributed by atoms with van der Waals surface area (Å²) in [5.74, 6) is -0.0740. The highest BCUT2D eigenvalue weighted by Crippen LogP contribution is 2.35. The Bertz CT molecular complexity index is 809. The van der Waals surface area contributed by atoms with Crippen LogP contribution in [0.5, 0.6) is 0 Å². The Labute approximate surface area is 128 Å². The molecular formula is C14H10BrClFN3. The Morgan fingerprint density at radius 1 is 1.30 bits per heavy atom. The number of fused-ring (bicyclic) bond motifs is 1. The van der Waals surface area contributed by atoms with Crippen LogP contribution >= 0.6 is 27.5 Å². The lowest BCUT2D eigenvalue weighted by atomic mass is 10.1. The maximum Gasteiger partial charge on any atom is 0.139 e. The molecule has 3 nitrogen and oxygen atoms in total. The number of anilines is 1. The van der Waals surface area contributed by atoms with Gasteiger partial charge in [0, 0.05) is 10.2 Å². The van der Waals surface area contributed by atoms with E-state index in [0.29, 0.717) is 17.2 Å². The molecule has 2 N–H and O–H groups in total. The van der Waals surface area contributed by atoms with Crippen molar-refractivity contribution >= 4 is 39.0 Å². The zero-order chi connectivity index (χ0) is 14.4. The summed E-state index contributed by atoms with van der Waals surface area (Å²) in [5.41, 5.74) is 8.26. The summed E-state index contributed by atoms with van der Waals surface area (Å²) in [7, 11) is 0. The van der Waals surface area contributed by atoms with Crippen LogP contribution in [-0.4, -0.2) is 9.38 Å². The number of hydrogen-bond donors (Lipinski definition) is 1. The summed E-state index contributed by atoms with van der Waals surface area (Å²) in [6, 6.07) is 8.20. The summed E-state index contributed by atoms with van der Waals surface area (Å²) in [5, 5.41) is 0.289. The Kier molecular flexibility index (Phi) is 3.18. The molecule has 102 valence electrons. The summed E-state index contributed by atoms with van der Waals surface area (Å²) in [4.78, 5) is 4.40. The number of benzene rings is 1. The van der Waals surface area contributed by atoms with Crippen LogP contribution in [0.25, 0.3) is 16.9 Å². The van der Waals surface area contributed by atoms with Crippen molar-refractivity contribution < 1.29 is 4.39 Å². The zero-order valence-electron chi connectivity index (χ0n) is 10.5. The average molecular weight is 355 g/mol. The lowest BCUT2D eigenvalue weighted by Gasteiger charge is -2.06. The molecule has 2 heterocycles. The molecule has 0 atom stereocenters. The third-order valence-electron chi connectivity index (χ3n) is 3.20. The number of aryl methyl sites for hydroxylation is 1. The van der Waals surface area contributed by atoms with Gasteiger partial charge in [0.25, 0.3) is 0 Å². The minimum absolute atomic E-state index is 0.228. The van der Waals surface area contributed by atoms with Crippen LogP contribution in [0.2, 0.25) is 5.02 Å². The molecule has 0 unspecified atom stereocenters. The fraction of sp³-hybridized carbons (Fsp3) is 0.0714. The molecule has 0 aliphatic heterocycles. The monoisotopic (exact) mass is 353 g/mol. The van der Waals surface area contributed by atoms with E-state index in [9.17, 15) is 4.39 Å². The van der Waals surface area contributed by atoms with Gasteiger partial charge < -0.3 is 5.73 Å². The minimum atomic E-state index is -0.440. The number of nitrogens with zero attached hydrogens (tertiary/aromatic N) is 2. The topological polar surface area (TPSA) is 43.3 Å². The van der Waals surface area contributed by atoms with E-state index in [2.05, 4.69) is 20.9 Å². The van der Waals surface area contributed by atoms with Crippen LogP contribution in [0.4, 0.5) is 10.2 Å². The third kappa shape index (κ3) is 1.89. The maximum atomic E-state index is 14.0. The van der Waals surface area contributed by atoms with Crippen molar-refractivity contribution in [3.63, 3.8) is 0 Å². The minimum Gasteiger partial charge on any atom is -0.383 e. The van der Waals surface area contributed by atoms with Gasteiger partial charge in [0.2, 0.25) is 0 Å². The molecule has 0 radical (unpaired) electrons. The fourth-order valence-corrected chi connectivity index (χ4v) is 2.76. The molecular weight excluding hydrogens is 345 g/mol. The van der Waals surface area contributed by atoms with E-state index in [4.69, 9.17) is 17.3 Å². The number of imidazole rings is 1. The van der Waals surface area contributed by atoms with Gasteiger partial charge in [0.15, 0.2) is 0 Å². The normalized spacial score (nSPS) is 11.2. The Hall–Kier alpha value is -1.59. The van der Waals surface area contributed by atoms with Crippen molar-refractivity contribution in [2.24, 2.45) is 0 Å². The lowest BCUT2D eigenvalue weighted by Crippen LogP contribution is -1.99. The van der Waals surface area contributed by atoms with Gasteiger partial charge in [0.1, 0.15) is 23.0 Å². The average Bonchev–Trinajstić information content (AvgIpc) is 2.72. The molecule has 0 spiro atoms. The first-order valence-corrected chi connectivity index (χ1v) is 7.05. The van der Waals surface area contributed by atoms with Crippen LogP contribution in [0.3, 0.4) is 0 Å². The number of nitrogens with two attached hydrogens (primary N) is 1. The van der Waals surface area contributed by atoms with Crippen LogP contribution in [0.1, 0.15) is 5.69 Å². The van der Waals surface area contributed by atoms with Crippen molar-refractivity contribution in [1.82, 2.24) is 9.38 Å². The second-order valence-electron chi connectivity index (χ2n) is 4.40. The van der Waals surface area contributed by atoms with Gasteiger partial charge in [-0.1, -0.05) is 17.7 Å². The van der Waals surface area contributed by atoms with E-state index in [1.807, 2.05) is 19.1 Å². The van der Waals surface area contributed by atoms with E-state index in [-0.39, 0.29) is 10.6 Å². The Morgan fingerprint density at radius 2 is 2.05 bits per heavy atom. The van der Waals surface area contributed by atoms with Crippen LogP contribution in [0, 0.1) is 12.7 Å². The number of hydrogen-bond acceptors (Lipinski definition) is 2. The van der Waals surface area contributed by atoms with Gasteiger partial charge in [-0.05, 0) is 47.1 Å². The first-order chi connectivity index (χ1) is 9.50. The van der Waals surface area contributed by atoms with Crippen molar-refractivity contribution in [3.8, 4) is 11.3 Å². The molecule has 1 aromatic carbocycles. The molecule has 3 rings (SSSR count). The Balaban J connectivity index is 2.39. The number of halogens is 3. The first kappa shape index (κ1) is 13.4. The molecule has 6 heteroatoms. The van der Waals surface area contributed by atoms with Crippen molar-refractivity contribution in [2.45, 2.75) is 6.92 Å². The molecule has 0 aliphatic carbocycles.